The standard InChI is InChI=1S/C9H12ClN3O/c10-8-7(5-12-13-9(8)14)11-4-3-6-1-2-6/h5-6H,1-4H2,(H2,11,13,14). The summed E-state index contributed by atoms with van der Waals surface area (Å²) in [5.41, 5.74) is 0.277. The second kappa shape index (κ2) is 4.00. The van der Waals surface area contributed by atoms with Crippen LogP contribution >= 0.6 is 11.6 Å². The summed E-state index contributed by atoms with van der Waals surface area (Å²) in [4.78, 5) is 11.1. The first-order chi connectivity index (χ1) is 6.77. The molecule has 5 heteroatoms. The van der Waals surface area contributed by atoms with Crippen molar-refractivity contribution in [3.63, 3.8) is 0 Å². The SMILES string of the molecule is O=c1[nH]ncc(NCCC2CC2)c1Cl. The van der Waals surface area contributed by atoms with Gasteiger partial charge in [-0.05, 0) is 12.3 Å². The molecule has 2 rings (SSSR count). The highest BCUT2D eigenvalue weighted by atomic mass is 35.5. The Bertz CT molecular complexity index is 373. The number of nitrogens with one attached hydrogen (secondary N) is 2. The van der Waals surface area contributed by atoms with Crippen LogP contribution < -0.4 is 10.9 Å². The third kappa shape index (κ3) is 2.26. The summed E-state index contributed by atoms with van der Waals surface area (Å²) in [6.07, 6.45) is 5.35. The van der Waals surface area contributed by atoms with E-state index in [1.165, 1.54) is 19.0 Å². The zero-order chi connectivity index (χ0) is 9.97. The molecule has 14 heavy (non-hydrogen) atoms. The van der Waals surface area contributed by atoms with E-state index >= 15 is 0 Å². The number of anilines is 1. The topological polar surface area (TPSA) is 57.8 Å². The van der Waals surface area contributed by atoms with Crippen LogP contribution in [0, 0.1) is 5.92 Å². The second-order valence-electron chi connectivity index (χ2n) is 3.59. The summed E-state index contributed by atoms with van der Waals surface area (Å²) in [5.74, 6) is 0.872. The van der Waals surface area contributed by atoms with Crippen molar-refractivity contribution in [3.8, 4) is 0 Å². The molecule has 1 fully saturated rings. The van der Waals surface area contributed by atoms with E-state index in [0.29, 0.717) is 5.69 Å². The van der Waals surface area contributed by atoms with Crippen LogP contribution in [0.15, 0.2) is 11.0 Å². The van der Waals surface area contributed by atoms with Crippen LogP contribution in [0.3, 0.4) is 0 Å². The summed E-state index contributed by atoms with van der Waals surface area (Å²) < 4.78 is 0. The van der Waals surface area contributed by atoms with Crippen molar-refractivity contribution in [2.75, 3.05) is 11.9 Å². The Balaban J connectivity index is 1.93. The van der Waals surface area contributed by atoms with E-state index < -0.39 is 0 Å². The van der Waals surface area contributed by atoms with Gasteiger partial charge in [0.05, 0.1) is 11.9 Å². The molecule has 0 saturated heterocycles. The molecule has 0 bridgehead atoms. The van der Waals surface area contributed by atoms with Gasteiger partial charge in [-0.2, -0.15) is 5.10 Å². The van der Waals surface area contributed by atoms with Crippen LogP contribution in [0.5, 0.6) is 0 Å². The van der Waals surface area contributed by atoms with Crippen LogP contribution in [-0.2, 0) is 0 Å². The maximum absolute atomic E-state index is 11.1. The molecule has 0 radical (unpaired) electrons. The number of hydrogen-bond donors (Lipinski definition) is 2. The molecule has 0 atom stereocenters. The van der Waals surface area contributed by atoms with Crippen molar-refractivity contribution in [1.29, 1.82) is 0 Å². The van der Waals surface area contributed by atoms with Crippen molar-refractivity contribution in [1.82, 2.24) is 10.2 Å². The zero-order valence-corrected chi connectivity index (χ0v) is 8.47. The Hall–Kier alpha value is -1.03. The summed E-state index contributed by atoms with van der Waals surface area (Å²) in [6.45, 7) is 0.857. The van der Waals surface area contributed by atoms with E-state index in [1.54, 1.807) is 0 Å². The minimum Gasteiger partial charge on any atom is -0.382 e. The molecule has 1 aliphatic carbocycles. The van der Waals surface area contributed by atoms with Gasteiger partial charge in [-0.1, -0.05) is 24.4 Å². The lowest BCUT2D eigenvalue weighted by atomic mass is 10.3. The van der Waals surface area contributed by atoms with Gasteiger partial charge in [0.1, 0.15) is 5.02 Å². The smallest absolute Gasteiger partial charge is 0.285 e. The van der Waals surface area contributed by atoms with Crippen LogP contribution in [0.25, 0.3) is 0 Å². The monoisotopic (exact) mass is 213 g/mol. The quantitative estimate of drug-likeness (QED) is 0.800. The molecule has 0 spiro atoms. The molecule has 0 aliphatic heterocycles. The molecule has 0 aromatic carbocycles. The van der Waals surface area contributed by atoms with E-state index in [1.807, 2.05) is 0 Å². The predicted molar refractivity (Wildman–Crippen MR) is 55.7 cm³/mol. The average Bonchev–Trinajstić information content (AvgIpc) is 2.96. The summed E-state index contributed by atoms with van der Waals surface area (Å²) >= 11 is 5.78. The number of hydrogen-bond acceptors (Lipinski definition) is 3. The van der Waals surface area contributed by atoms with Gasteiger partial charge in [-0.3, -0.25) is 4.79 Å². The van der Waals surface area contributed by atoms with Gasteiger partial charge in [-0.25, -0.2) is 5.10 Å². The van der Waals surface area contributed by atoms with Crippen LogP contribution in [-0.4, -0.2) is 16.7 Å². The first kappa shape index (κ1) is 9.52. The van der Waals surface area contributed by atoms with Crippen molar-refractivity contribution in [3.05, 3.63) is 21.6 Å². The Labute approximate surface area is 86.7 Å². The number of rotatable bonds is 4. The molecule has 1 saturated carbocycles. The maximum atomic E-state index is 11.1. The first-order valence-corrected chi connectivity index (χ1v) is 5.12. The summed E-state index contributed by atoms with van der Waals surface area (Å²) in [5, 5.41) is 9.25. The number of halogens is 1. The molecule has 2 N–H and O–H groups in total. The second-order valence-corrected chi connectivity index (χ2v) is 3.96. The van der Waals surface area contributed by atoms with E-state index in [0.717, 1.165) is 18.9 Å². The molecule has 76 valence electrons. The van der Waals surface area contributed by atoms with Crippen LogP contribution in [0.2, 0.25) is 5.02 Å². The Morgan fingerprint density at radius 3 is 3.14 bits per heavy atom. The third-order valence-electron chi connectivity index (χ3n) is 2.36. The lowest BCUT2D eigenvalue weighted by molar-refractivity contribution is 0.759. The molecular weight excluding hydrogens is 202 g/mol. The number of aromatic amines is 1. The Morgan fingerprint density at radius 1 is 1.64 bits per heavy atom. The van der Waals surface area contributed by atoms with Crippen LogP contribution in [0.4, 0.5) is 5.69 Å². The molecule has 1 aliphatic rings. The molecular formula is C9H12ClN3O. The molecule has 1 heterocycles. The average molecular weight is 214 g/mol. The normalized spacial score (nSPS) is 15.5. The number of H-pyrrole nitrogens is 1. The van der Waals surface area contributed by atoms with Gasteiger partial charge >= 0.3 is 0 Å². The van der Waals surface area contributed by atoms with E-state index in [9.17, 15) is 4.79 Å². The number of aromatic nitrogens is 2. The van der Waals surface area contributed by atoms with Crippen molar-refractivity contribution < 1.29 is 0 Å². The van der Waals surface area contributed by atoms with Crippen molar-refractivity contribution >= 4 is 17.3 Å². The third-order valence-corrected chi connectivity index (χ3v) is 2.74. The lowest BCUT2D eigenvalue weighted by Crippen LogP contribution is -2.12. The zero-order valence-electron chi connectivity index (χ0n) is 7.72. The highest BCUT2D eigenvalue weighted by molar-refractivity contribution is 6.32. The molecule has 4 nitrogen and oxygen atoms in total. The van der Waals surface area contributed by atoms with E-state index in [-0.39, 0.29) is 10.6 Å². The van der Waals surface area contributed by atoms with Gasteiger partial charge in [0, 0.05) is 6.54 Å². The van der Waals surface area contributed by atoms with Gasteiger partial charge < -0.3 is 5.32 Å². The highest BCUT2D eigenvalue weighted by Crippen LogP contribution is 2.32. The fourth-order valence-electron chi connectivity index (χ4n) is 1.32. The lowest BCUT2D eigenvalue weighted by Gasteiger charge is -2.05. The van der Waals surface area contributed by atoms with E-state index in [4.69, 9.17) is 11.6 Å². The van der Waals surface area contributed by atoms with Gasteiger partial charge in [0.15, 0.2) is 0 Å². The summed E-state index contributed by atoms with van der Waals surface area (Å²) in [7, 11) is 0. The molecule has 0 unspecified atom stereocenters. The fourth-order valence-corrected chi connectivity index (χ4v) is 1.48. The fraction of sp³-hybridized carbons (Fsp3) is 0.556. The Kier molecular flexibility index (Phi) is 2.72. The molecule has 0 amide bonds. The number of nitrogens with zero attached hydrogens (tertiary/aromatic N) is 1. The predicted octanol–water partition coefficient (Wildman–Crippen LogP) is 1.64. The van der Waals surface area contributed by atoms with Gasteiger partial charge in [0.25, 0.3) is 5.56 Å². The molecule has 1 aromatic rings. The first-order valence-electron chi connectivity index (χ1n) is 4.74. The summed E-state index contributed by atoms with van der Waals surface area (Å²) in [6, 6.07) is 0. The van der Waals surface area contributed by atoms with Crippen molar-refractivity contribution in [2.45, 2.75) is 19.3 Å². The van der Waals surface area contributed by atoms with Crippen molar-refractivity contribution in [2.24, 2.45) is 5.92 Å². The van der Waals surface area contributed by atoms with Gasteiger partial charge in [-0.15, -0.1) is 0 Å². The van der Waals surface area contributed by atoms with E-state index in [2.05, 4.69) is 15.5 Å². The van der Waals surface area contributed by atoms with Gasteiger partial charge in [0.2, 0.25) is 0 Å². The van der Waals surface area contributed by atoms with Crippen LogP contribution in [0.1, 0.15) is 19.3 Å². The molecule has 1 aromatic heterocycles. The largest absolute Gasteiger partial charge is 0.382 e. The minimum atomic E-state index is -0.344. The maximum Gasteiger partial charge on any atom is 0.285 e. The highest BCUT2D eigenvalue weighted by Gasteiger charge is 2.20. The Morgan fingerprint density at radius 2 is 2.43 bits per heavy atom. The minimum absolute atomic E-state index is 0.191.